The molecule has 0 aromatic heterocycles. The molecule has 1 amide bonds. The van der Waals surface area contributed by atoms with Crippen LogP contribution in [0.25, 0.3) is 0 Å². The maximum Gasteiger partial charge on any atom is 0.338 e. The molecule has 1 aromatic rings. The molecule has 1 aromatic carbocycles. The van der Waals surface area contributed by atoms with Crippen LogP contribution in [0, 0.1) is 0 Å². The Morgan fingerprint density at radius 2 is 1.34 bits per heavy atom. The minimum atomic E-state index is -0.436. The highest BCUT2D eigenvalue weighted by atomic mass is 16.5. The number of benzene rings is 1. The molecule has 4 heteroatoms. The molecule has 1 aliphatic carbocycles. The fraction of sp³-hybridized carbons (Fsp3) is 0.680. The van der Waals surface area contributed by atoms with Crippen LogP contribution < -0.4 is 5.32 Å². The van der Waals surface area contributed by atoms with Crippen LogP contribution in [0.15, 0.2) is 18.2 Å². The third-order valence-electron chi connectivity index (χ3n) is 5.71. The van der Waals surface area contributed by atoms with Crippen LogP contribution in [0.1, 0.15) is 108 Å². The van der Waals surface area contributed by atoms with Gasteiger partial charge in [-0.3, -0.25) is 4.79 Å². The van der Waals surface area contributed by atoms with Crippen molar-refractivity contribution in [2.45, 2.75) is 103 Å². The van der Waals surface area contributed by atoms with Gasteiger partial charge >= 0.3 is 5.97 Å². The Kier molecular flexibility index (Phi) is 7.90. The number of rotatable bonds is 4. The van der Waals surface area contributed by atoms with Gasteiger partial charge in [0.2, 0.25) is 0 Å². The number of esters is 1. The van der Waals surface area contributed by atoms with Crippen molar-refractivity contribution in [1.82, 2.24) is 5.32 Å². The van der Waals surface area contributed by atoms with E-state index in [9.17, 15) is 9.59 Å². The predicted molar refractivity (Wildman–Crippen MR) is 118 cm³/mol. The summed E-state index contributed by atoms with van der Waals surface area (Å²) in [7, 11) is 0. The normalized spacial score (nSPS) is 16.6. The molecular weight excluding hydrogens is 362 g/mol. The van der Waals surface area contributed by atoms with Crippen molar-refractivity contribution >= 4 is 11.9 Å². The number of ether oxygens (including phenoxy) is 1. The number of amides is 1. The van der Waals surface area contributed by atoms with Gasteiger partial charge in [-0.05, 0) is 46.9 Å². The van der Waals surface area contributed by atoms with Gasteiger partial charge in [0.05, 0.1) is 5.56 Å². The maximum atomic E-state index is 12.7. The summed E-state index contributed by atoms with van der Waals surface area (Å²) in [6.07, 6.45) is 8.11. The minimum absolute atomic E-state index is 0.0775. The van der Waals surface area contributed by atoms with E-state index in [1.54, 1.807) is 0 Å². The largest absolute Gasteiger partial charge is 0.452 e. The molecule has 2 rings (SSSR count). The summed E-state index contributed by atoms with van der Waals surface area (Å²) in [6.45, 7) is 12.6. The first-order chi connectivity index (χ1) is 13.5. The topological polar surface area (TPSA) is 55.4 Å². The highest BCUT2D eigenvalue weighted by Crippen LogP contribution is 2.30. The Morgan fingerprint density at radius 3 is 1.83 bits per heavy atom. The summed E-state index contributed by atoms with van der Waals surface area (Å²) in [5.41, 5.74) is 2.55. The van der Waals surface area contributed by atoms with Gasteiger partial charge in [0.25, 0.3) is 5.91 Å². The number of nitrogens with one attached hydrogen (secondary N) is 1. The van der Waals surface area contributed by atoms with Gasteiger partial charge in [-0.2, -0.15) is 0 Å². The lowest BCUT2D eigenvalue weighted by Gasteiger charge is -2.26. The van der Waals surface area contributed by atoms with E-state index in [0.29, 0.717) is 5.56 Å². The van der Waals surface area contributed by atoms with Crippen LogP contribution in [-0.4, -0.2) is 24.5 Å². The summed E-state index contributed by atoms with van der Waals surface area (Å²) in [6, 6.07) is 6.16. The smallest absolute Gasteiger partial charge is 0.338 e. The summed E-state index contributed by atoms with van der Waals surface area (Å²) in [5, 5.41) is 3.05. The van der Waals surface area contributed by atoms with E-state index >= 15 is 0 Å². The molecule has 0 atom stereocenters. The van der Waals surface area contributed by atoms with Gasteiger partial charge in [-0.1, -0.05) is 79.7 Å². The summed E-state index contributed by atoms with van der Waals surface area (Å²) < 4.78 is 5.37. The zero-order valence-corrected chi connectivity index (χ0v) is 19.2. The molecule has 0 bridgehead atoms. The van der Waals surface area contributed by atoms with Crippen LogP contribution in [0.3, 0.4) is 0 Å². The molecule has 4 nitrogen and oxygen atoms in total. The molecule has 0 unspecified atom stereocenters. The lowest BCUT2D eigenvalue weighted by Crippen LogP contribution is -2.38. The number of hydrogen-bond acceptors (Lipinski definition) is 3. The van der Waals surface area contributed by atoms with Crippen molar-refractivity contribution in [3.63, 3.8) is 0 Å². The van der Waals surface area contributed by atoms with Gasteiger partial charge in [0, 0.05) is 6.04 Å². The SMILES string of the molecule is CC(C)(C)c1cc(C(=O)OCC(=O)NC2CCCCCCC2)cc(C(C)(C)C)c1. The van der Waals surface area contributed by atoms with Crippen LogP contribution in [-0.2, 0) is 20.4 Å². The van der Waals surface area contributed by atoms with Crippen molar-refractivity contribution in [2.75, 3.05) is 6.61 Å². The second kappa shape index (κ2) is 9.77. The Bertz CT molecular complexity index is 670. The highest BCUT2D eigenvalue weighted by molar-refractivity contribution is 5.92. The molecule has 0 radical (unpaired) electrons. The molecule has 0 aliphatic heterocycles. The van der Waals surface area contributed by atoms with E-state index in [1.807, 2.05) is 12.1 Å². The van der Waals surface area contributed by atoms with E-state index in [0.717, 1.165) is 36.8 Å². The van der Waals surface area contributed by atoms with Crippen LogP contribution in [0.4, 0.5) is 0 Å². The van der Waals surface area contributed by atoms with Crippen LogP contribution >= 0.6 is 0 Å². The summed E-state index contributed by atoms with van der Waals surface area (Å²) >= 11 is 0. The molecule has 162 valence electrons. The van der Waals surface area contributed by atoms with E-state index in [4.69, 9.17) is 4.74 Å². The van der Waals surface area contributed by atoms with E-state index < -0.39 is 5.97 Å². The number of carbonyl (C=O) groups is 2. The average molecular weight is 402 g/mol. The van der Waals surface area contributed by atoms with E-state index in [-0.39, 0.29) is 29.4 Å². The van der Waals surface area contributed by atoms with Gasteiger partial charge in [-0.25, -0.2) is 4.79 Å². The van der Waals surface area contributed by atoms with E-state index in [2.05, 4.69) is 52.9 Å². The van der Waals surface area contributed by atoms with Crippen molar-refractivity contribution in [3.8, 4) is 0 Å². The maximum absolute atomic E-state index is 12.7. The lowest BCUT2D eigenvalue weighted by molar-refractivity contribution is -0.125. The zero-order chi connectivity index (χ0) is 21.7. The first-order valence-electron chi connectivity index (χ1n) is 11.1. The Balaban J connectivity index is 2.03. The third-order valence-corrected chi connectivity index (χ3v) is 5.71. The monoisotopic (exact) mass is 401 g/mol. The van der Waals surface area contributed by atoms with E-state index in [1.165, 1.54) is 19.3 Å². The second-order valence-electron chi connectivity index (χ2n) is 10.5. The lowest BCUT2D eigenvalue weighted by atomic mass is 9.79. The Morgan fingerprint density at radius 1 is 0.862 bits per heavy atom. The minimum Gasteiger partial charge on any atom is -0.452 e. The fourth-order valence-corrected chi connectivity index (χ4v) is 3.70. The second-order valence-corrected chi connectivity index (χ2v) is 10.5. The molecule has 1 aliphatic rings. The number of hydrogen-bond donors (Lipinski definition) is 1. The summed E-state index contributed by atoms with van der Waals surface area (Å²) in [4.78, 5) is 25.0. The average Bonchev–Trinajstić information content (AvgIpc) is 2.60. The predicted octanol–water partition coefficient (Wildman–Crippen LogP) is 5.67. The molecule has 0 heterocycles. The molecule has 0 saturated heterocycles. The fourth-order valence-electron chi connectivity index (χ4n) is 3.70. The molecule has 1 saturated carbocycles. The van der Waals surface area contributed by atoms with Gasteiger partial charge in [0.1, 0.15) is 0 Å². The van der Waals surface area contributed by atoms with Gasteiger partial charge in [-0.15, -0.1) is 0 Å². The third kappa shape index (κ3) is 7.49. The molecule has 29 heavy (non-hydrogen) atoms. The highest BCUT2D eigenvalue weighted by Gasteiger charge is 2.23. The quantitative estimate of drug-likeness (QED) is 0.662. The molecule has 1 fully saturated rings. The number of carbonyl (C=O) groups excluding carboxylic acids is 2. The van der Waals surface area contributed by atoms with Crippen LogP contribution in [0.2, 0.25) is 0 Å². The standard InChI is InChI=1S/C25H39NO3/c1-24(2,3)19-14-18(15-20(16-19)25(4,5)6)23(28)29-17-22(27)26-21-12-10-8-7-9-11-13-21/h14-16,21H,7-13,17H2,1-6H3,(H,26,27). The summed E-state index contributed by atoms with van der Waals surface area (Å²) in [5.74, 6) is -0.638. The molecular formula is C25H39NO3. The van der Waals surface area contributed by atoms with Gasteiger partial charge < -0.3 is 10.1 Å². The van der Waals surface area contributed by atoms with Crippen molar-refractivity contribution in [1.29, 1.82) is 0 Å². The van der Waals surface area contributed by atoms with Crippen molar-refractivity contribution < 1.29 is 14.3 Å². The first kappa shape index (κ1) is 23.4. The van der Waals surface area contributed by atoms with Crippen molar-refractivity contribution in [2.24, 2.45) is 0 Å². The van der Waals surface area contributed by atoms with Crippen molar-refractivity contribution in [3.05, 3.63) is 34.9 Å². The Labute approximate surface area is 176 Å². The van der Waals surface area contributed by atoms with Gasteiger partial charge in [0.15, 0.2) is 6.61 Å². The zero-order valence-electron chi connectivity index (χ0n) is 19.2. The Hall–Kier alpha value is -1.84. The van der Waals surface area contributed by atoms with Crippen LogP contribution in [0.5, 0.6) is 0 Å². The first-order valence-corrected chi connectivity index (χ1v) is 11.1. The molecule has 0 spiro atoms. The molecule has 1 N–H and O–H groups in total.